The second kappa shape index (κ2) is 7.42. The van der Waals surface area contributed by atoms with Gasteiger partial charge in [-0.05, 0) is 62.2 Å². The smallest absolute Gasteiger partial charge is 0.150 e. The quantitative estimate of drug-likeness (QED) is 0.542. The molecule has 0 aliphatic heterocycles. The number of halogens is 3. The molecule has 0 bridgehead atoms. The highest BCUT2D eigenvalue weighted by Crippen LogP contribution is 2.35. The molecule has 0 unspecified atom stereocenters. The molecule has 6 heteroatoms. The van der Waals surface area contributed by atoms with Gasteiger partial charge in [0.05, 0.1) is 16.1 Å². The normalized spacial score (nSPS) is 10.3. The lowest BCUT2D eigenvalue weighted by molar-refractivity contribution is 0.112. The van der Waals surface area contributed by atoms with Crippen LogP contribution < -0.4 is 9.47 Å². The third-order valence-corrected chi connectivity index (χ3v) is 4.44. The van der Waals surface area contributed by atoms with Crippen LogP contribution in [-0.4, -0.2) is 13.4 Å². The van der Waals surface area contributed by atoms with E-state index in [-0.39, 0.29) is 0 Å². The molecule has 0 atom stereocenters. The van der Waals surface area contributed by atoms with Gasteiger partial charge in [-0.1, -0.05) is 15.9 Å². The highest BCUT2D eigenvalue weighted by Gasteiger charge is 2.11. The summed E-state index contributed by atoms with van der Waals surface area (Å²) in [6.45, 7) is 0.347. The molecular weight excluding hydrogens is 468 g/mol. The van der Waals surface area contributed by atoms with Crippen molar-refractivity contribution in [1.29, 1.82) is 0 Å². The van der Waals surface area contributed by atoms with Gasteiger partial charge in [0.25, 0.3) is 0 Å². The lowest BCUT2D eigenvalue weighted by atomic mass is 10.2. The van der Waals surface area contributed by atoms with Gasteiger partial charge >= 0.3 is 0 Å². The Labute approximate surface area is 148 Å². The van der Waals surface area contributed by atoms with Crippen LogP contribution in [0.4, 0.5) is 0 Å². The molecule has 0 aliphatic carbocycles. The zero-order chi connectivity index (χ0) is 15.4. The molecule has 2 rings (SSSR count). The number of ether oxygens (including phenoxy) is 2. The molecule has 2 aromatic rings. The lowest BCUT2D eigenvalue weighted by Crippen LogP contribution is -2.00. The second-order valence-electron chi connectivity index (χ2n) is 4.18. The Morgan fingerprint density at radius 3 is 2.33 bits per heavy atom. The first-order chi connectivity index (χ1) is 10.0. The number of aldehydes is 1. The van der Waals surface area contributed by atoms with Crippen molar-refractivity contribution in [2.45, 2.75) is 6.61 Å². The fourth-order valence-corrected chi connectivity index (χ4v) is 3.65. The molecule has 0 radical (unpaired) electrons. The van der Waals surface area contributed by atoms with Gasteiger partial charge in [-0.25, -0.2) is 0 Å². The summed E-state index contributed by atoms with van der Waals surface area (Å²) < 4.78 is 13.5. The third-order valence-electron chi connectivity index (χ3n) is 2.77. The van der Waals surface area contributed by atoms with E-state index in [0.717, 1.165) is 22.1 Å². The molecule has 0 N–H and O–H groups in total. The van der Waals surface area contributed by atoms with Crippen LogP contribution in [0.1, 0.15) is 15.9 Å². The van der Waals surface area contributed by atoms with Gasteiger partial charge in [0.2, 0.25) is 0 Å². The average Bonchev–Trinajstić information content (AvgIpc) is 2.46. The van der Waals surface area contributed by atoms with E-state index in [1.807, 2.05) is 18.2 Å². The first kappa shape index (κ1) is 16.5. The first-order valence-electron chi connectivity index (χ1n) is 5.94. The number of hydrogen-bond donors (Lipinski definition) is 0. The summed E-state index contributed by atoms with van der Waals surface area (Å²) in [5.74, 6) is 1.40. The number of methoxy groups -OCH3 is 1. The number of benzene rings is 2. The van der Waals surface area contributed by atoms with Gasteiger partial charge in [0.15, 0.2) is 0 Å². The van der Waals surface area contributed by atoms with E-state index in [0.29, 0.717) is 26.9 Å². The van der Waals surface area contributed by atoms with E-state index in [2.05, 4.69) is 47.8 Å². The Balaban J connectivity index is 2.24. The molecule has 0 fully saturated rings. The van der Waals surface area contributed by atoms with E-state index in [4.69, 9.17) is 9.47 Å². The summed E-state index contributed by atoms with van der Waals surface area (Å²) in [6, 6.07) is 9.16. The van der Waals surface area contributed by atoms with Crippen molar-refractivity contribution in [3.05, 3.63) is 54.9 Å². The zero-order valence-corrected chi connectivity index (χ0v) is 15.8. The Kier molecular flexibility index (Phi) is 5.84. The monoisotopic (exact) mass is 476 g/mol. The van der Waals surface area contributed by atoms with Crippen molar-refractivity contribution in [3.8, 4) is 11.5 Å². The van der Waals surface area contributed by atoms with Gasteiger partial charge in [-0.3, -0.25) is 4.79 Å². The fourth-order valence-electron chi connectivity index (χ4n) is 1.80. The van der Waals surface area contributed by atoms with Crippen LogP contribution in [0.5, 0.6) is 11.5 Å². The highest BCUT2D eigenvalue weighted by molar-refractivity contribution is 9.11. The third kappa shape index (κ3) is 4.08. The number of rotatable bonds is 5. The minimum atomic E-state index is 0.347. The molecule has 21 heavy (non-hydrogen) atoms. The van der Waals surface area contributed by atoms with E-state index in [1.54, 1.807) is 19.2 Å². The van der Waals surface area contributed by atoms with Gasteiger partial charge < -0.3 is 9.47 Å². The van der Waals surface area contributed by atoms with Gasteiger partial charge in [-0.2, -0.15) is 0 Å². The Bertz CT molecular complexity index is 648. The van der Waals surface area contributed by atoms with Crippen molar-refractivity contribution in [3.63, 3.8) is 0 Å². The molecule has 0 aromatic heterocycles. The van der Waals surface area contributed by atoms with Crippen LogP contribution in [0.2, 0.25) is 0 Å². The van der Waals surface area contributed by atoms with Gasteiger partial charge in [0, 0.05) is 15.6 Å². The van der Waals surface area contributed by atoms with Crippen molar-refractivity contribution < 1.29 is 14.3 Å². The predicted octanol–water partition coefficient (Wildman–Crippen LogP) is 5.37. The van der Waals surface area contributed by atoms with Crippen LogP contribution >= 0.6 is 47.8 Å². The number of carbonyl (C=O) groups is 1. The largest absolute Gasteiger partial charge is 0.496 e. The zero-order valence-electron chi connectivity index (χ0n) is 11.0. The maximum atomic E-state index is 10.8. The van der Waals surface area contributed by atoms with Gasteiger partial charge in [-0.15, -0.1) is 0 Å². The highest BCUT2D eigenvalue weighted by atomic mass is 79.9. The summed E-state index contributed by atoms with van der Waals surface area (Å²) in [4.78, 5) is 10.8. The summed E-state index contributed by atoms with van der Waals surface area (Å²) in [5.41, 5.74) is 1.49. The second-order valence-corrected chi connectivity index (χ2v) is 6.80. The molecule has 2 aromatic carbocycles. The van der Waals surface area contributed by atoms with Crippen molar-refractivity contribution in [1.82, 2.24) is 0 Å². The molecule has 0 amide bonds. The molecule has 3 nitrogen and oxygen atoms in total. The van der Waals surface area contributed by atoms with Crippen LogP contribution in [0, 0.1) is 0 Å². The standard InChI is InChI=1S/C15H11Br3O3/c1-20-14-3-2-11(16)6-10(14)8-21-15-12(17)4-9(7-19)5-13(15)18/h2-7H,8H2,1H3. The number of carbonyl (C=O) groups excluding carboxylic acids is 1. The maximum Gasteiger partial charge on any atom is 0.150 e. The van der Waals surface area contributed by atoms with Crippen molar-refractivity contribution in [2.24, 2.45) is 0 Å². The lowest BCUT2D eigenvalue weighted by Gasteiger charge is -2.13. The first-order valence-corrected chi connectivity index (χ1v) is 8.32. The van der Waals surface area contributed by atoms with Crippen LogP contribution in [-0.2, 0) is 6.61 Å². The Hall–Kier alpha value is -0.850. The molecule has 0 spiro atoms. The van der Waals surface area contributed by atoms with Gasteiger partial charge in [0.1, 0.15) is 24.4 Å². The predicted molar refractivity (Wildman–Crippen MR) is 92.3 cm³/mol. The topological polar surface area (TPSA) is 35.5 Å². The minimum Gasteiger partial charge on any atom is -0.496 e. The summed E-state index contributed by atoms with van der Waals surface area (Å²) in [7, 11) is 1.62. The Morgan fingerprint density at radius 2 is 1.76 bits per heavy atom. The summed E-state index contributed by atoms with van der Waals surface area (Å²) >= 11 is 10.2. The van der Waals surface area contributed by atoms with E-state index in [1.165, 1.54) is 0 Å². The average molecular weight is 479 g/mol. The van der Waals surface area contributed by atoms with Crippen LogP contribution in [0.15, 0.2) is 43.7 Å². The van der Waals surface area contributed by atoms with E-state index in [9.17, 15) is 4.79 Å². The molecule has 0 heterocycles. The Morgan fingerprint density at radius 1 is 1.10 bits per heavy atom. The molecular formula is C15H11Br3O3. The van der Waals surface area contributed by atoms with Crippen molar-refractivity contribution >= 4 is 54.1 Å². The number of hydrogen-bond acceptors (Lipinski definition) is 3. The molecule has 110 valence electrons. The maximum absolute atomic E-state index is 10.8. The summed E-state index contributed by atoms with van der Waals surface area (Å²) in [6.07, 6.45) is 0.788. The SMILES string of the molecule is COc1ccc(Br)cc1COc1c(Br)cc(C=O)cc1Br. The van der Waals surface area contributed by atoms with Crippen LogP contribution in [0.25, 0.3) is 0 Å². The minimum absolute atomic E-state index is 0.347. The molecule has 0 saturated heterocycles. The van der Waals surface area contributed by atoms with Crippen LogP contribution in [0.3, 0.4) is 0 Å². The molecule has 0 saturated carbocycles. The van der Waals surface area contributed by atoms with Crippen molar-refractivity contribution in [2.75, 3.05) is 7.11 Å². The van der Waals surface area contributed by atoms with E-state index < -0.39 is 0 Å². The van der Waals surface area contributed by atoms with E-state index >= 15 is 0 Å². The molecule has 0 aliphatic rings. The fraction of sp³-hybridized carbons (Fsp3) is 0.133. The summed E-state index contributed by atoms with van der Waals surface area (Å²) in [5, 5.41) is 0.